The minimum Gasteiger partial charge on any atom is -0.452 e. The summed E-state index contributed by atoms with van der Waals surface area (Å²) in [5.41, 5.74) is 0.564. The van der Waals surface area contributed by atoms with Crippen LogP contribution in [0, 0.1) is 0 Å². The van der Waals surface area contributed by atoms with Gasteiger partial charge < -0.3 is 15.0 Å². The lowest BCUT2D eigenvalue weighted by Gasteiger charge is -2.27. The van der Waals surface area contributed by atoms with E-state index in [9.17, 15) is 27.6 Å². The molecule has 3 rings (SSSR count). The molecule has 1 N–H and O–H groups in total. The van der Waals surface area contributed by atoms with Gasteiger partial charge in [-0.05, 0) is 42.8 Å². The number of esters is 1. The Morgan fingerprint density at radius 3 is 2.52 bits per heavy atom. The first-order valence-corrected chi connectivity index (χ1v) is 9.38. The number of alkyl halides is 3. The molecule has 0 aromatic heterocycles. The third-order valence-electron chi connectivity index (χ3n) is 4.62. The lowest BCUT2D eigenvalue weighted by atomic mass is 10.1. The summed E-state index contributed by atoms with van der Waals surface area (Å²) in [5.74, 6) is -1.56. The molecule has 6 nitrogen and oxygen atoms in total. The van der Waals surface area contributed by atoms with Crippen LogP contribution in [0.1, 0.15) is 24.5 Å². The van der Waals surface area contributed by atoms with E-state index >= 15 is 0 Å². The van der Waals surface area contributed by atoms with Crippen LogP contribution in [-0.2, 0) is 25.3 Å². The van der Waals surface area contributed by atoms with Crippen molar-refractivity contribution in [2.75, 3.05) is 16.8 Å². The minimum absolute atomic E-state index is 0.0855. The molecule has 2 aromatic rings. The molecule has 1 unspecified atom stereocenters. The molecule has 1 aliphatic heterocycles. The van der Waals surface area contributed by atoms with Crippen molar-refractivity contribution < 1.29 is 32.3 Å². The summed E-state index contributed by atoms with van der Waals surface area (Å²) in [7, 11) is 0. The van der Waals surface area contributed by atoms with Gasteiger partial charge in [-0.3, -0.25) is 9.59 Å². The second-order valence-electron chi connectivity index (χ2n) is 6.94. The molecule has 0 aliphatic carbocycles. The number of fused-ring (bicyclic) bond motifs is 1. The maximum atomic E-state index is 12.7. The molecule has 0 saturated heterocycles. The average molecular weight is 432 g/mol. The molecule has 1 heterocycles. The topological polar surface area (TPSA) is 75.7 Å². The SMILES string of the molecule is CC1CC(=O)Nc2ccccc2N1C(=O)COC(=O)/C=C/c1ccc(C(F)(F)F)cc1. The van der Waals surface area contributed by atoms with Crippen LogP contribution >= 0.6 is 0 Å². The van der Waals surface area contributed by atoms with E-state index in [0.717, 1.165) is 18.2 Å². The molecule has 162 valence electrons. The Labute approximate surface area is 176 Å². The van der Waals surface area contributed by atoms with Crippen molar-refractivity contribution in [2.24, 2.45) is 0 Å². The summed E-state index contributed by atoms with van der Waals surface area (Å²) >= 11 is 0. The minimum atomic E-state index is -4.44. The van der Waals surface area contributed by atoms with Crippen LogP contribution in [-0.4, -0.2) is 30.4 Å². The van der Waals surface area contributed by atoms with Crippen molar-refractivity contribution in [3.63, 3.8) is 0 Å². The standard InChI is InChI=1S/C22H19F3N2O4/c1-14-12-19(28)26-17-4-2-3-5-18(17)27(14)20(29)13-31-21(30)11-8-15-6-9-16(10-7-15)22(23,24)25/h2-11,14H,12-13H2,1H3,(H,26,28)/b11-8+. The van der Waals surface area contributed by atoms with E-state index in [4.69, 9.17) is 4.74 Å². The number of hydrogen-bond acceptors (Lipinski definition) is 4. The predicted octanol–water partition coefficient (Wildman–Crippen LogP) is 4.03. The third kappa shape index (κ3) is 5.50. The summed E-state index contributed by atoms with van der Waals surface area (Å²) in [4.78, 5) is 38.1. The van der Waals surface area contributed by atoms with Gasteiger partial charge in [0.1, 0.15) is 0 Å². The zero-order valence-corrected chi connectivity index (χ0v) is 16.5. The zero-order chi connectivity index (χ0) is 22.6. The van der Waals surface area contributed by atoms with Crippen LogP contribution in [0.2, 0.25) is 0 Å². The van der Waals surface area contributed by atoms with Gasteiger partial charge in [0, 0.05) is 18.5 Å². The summed E-state index contributed by atoms with van der Waals surface area (Å²) in [5, 5.41) is 2.73. The zero-order valence-electron chi connectivity index (χ0n) is 16.5. The van der Waals surface area contributed by atoms with Crippen molar-refractivity contribution in [1.82, 2.24) is 0 Å². The highest BCUT2D eigenvalue weighted by Gasteiger charge is 2.30. The first kappa shape index (κ1) is 22.1. The molecule has 0 spiro atoms. The number of para-hydroxylation sites is 2. The largest absolute Gasteiger partial charge is 0.452 e. The number of nitrogens with zero attached hydrogens (tertiary/aromatic N) is 1. The third-order valence-corrected chi connectivity index (χ3v) is 4.62. The molecule has 9 heteroatoms. The number of carbonyl (C=O) groups is 3. The van der Waals surface area contributed by atoms with E-state index in [1.807, 2.05) is 0 Å². The fraction of sp³-hybridized carbons (Fsp3) is 0.227. The number of benzene rings is 2. The number of nitrogens with one attached hydrogen (secondary N) is 1. The monoisotopic (exact) mass is 432 g/mol. The molecule has 1 aliphatic rings. The van der Waals surface area contributed by atoms with E-state index in [2.05, 4.69) is 5.32 Å². The van der Waals surface area contributed by atoms with E-state index < -0.39 is 36.3 Å². The first-order chi connectivity index (χ1) is 14.6. The van der Waals surface area contributed by atoms with E-state index in [0.29, 0.717) is 16.9 Å². The van der Waals surface area contributed by atoms with Gasteiger partial charge in [-0.1, -0.05) is 24.3 Å². The summed E-state index contributed by atoms with van der Waals surface area (Å²) in [6, 6.07) is 10.6. The molecule has 2 aromatic carbocycles. The fourth-order valence-electron chi connectivity index (χ4n) is 3.17. The van der Waals surface area contributed by atoms with Crippen LogP contribution in [0.3, 0.4) is 0 Å². The fourth-order valence-corrected chi connectivity index (χ4v) is 3.17. The van der Waals surface area contributed by atoms with Crippen LogP contribution in [0.15, 0.2) is 54.6 Å². The van der Waals surface area contributed by atoms with Crippen LogP contribution in [0.25, 0.3) is 6.08 Å². The van der Waals surface area contributed by atoms with E-state index in [-0.39, 0.29) is 12.3 Å². The van der Waals surface area contributed by atoms with Crippen molar-refractivity contribution >= 4 is 35.2 Å². The molecule has 2 amide bonds. The summed E-state index contributed by atoms with van der Waals surface area (Å²) in [6.07, 6.45) is -2.03. The van der Waals surface area contributed by atoms with Crippen LogP contribution < -0.4 is 10.2 Å². The van der Waals surface area contributed by atoms with Gasteiger partial charge in [0.05, 0.1) is 16.9 Å². The Morgan fingerprint density at radius 2 is 1.84 bits per heavy atom. The summed E-state index contributed by atoms with van der Waals surface area (Å²) in [6.45, 7) is 1.16. The van der Waals surface area contributed by atoms with Crippen molar-refractivity contribution in [3.8, 4) is 0 Å². The van der Waals surface area contributed by atoms with Crippen molar-refractivity contribution in [1.29, 1.82) is 0 Å². The Kier molecular flexibility index (Phi) is 6.43. The number of ether oxygens (including phenoxy) is 1. The quantitative estimate of drug-likeness (QED) is 0.585. The normalized spacial score (nSPS) is 16.5. The molecule has 1 atom stereocenters. The number of hydrogen-bond donors (Lipinski definition) is 1. The molecule has 31 heavy (non-hydrogen) atoms. The molecular formula is C22H19F3N2O4. The Morgan fingerprint density at radius 1 is 1.16 bits per heavy atom. The van der Waals surface area contributed by atoms with E-state index in [1.165, 1.54) is 23.1 Å². The maximum Gasteiger partial charge on any atom is 0.416 e. The lowest BCUT2D eigenvalue weighted by molar-refractivity contribution is -0.143. The van der Waals surface area contributed by atoms with Gasteiger partial charge in [0.15, 0.2) is 6.61 Å². The number of amides is 2. The molecular weight excluding hydrogens is 413 g/mol. The second kappa shape index (κ2) is 9.03. The Bertz CT molecular complexity index is 1020. The highest BCUT2D eigenvalue weighted by molar-refractivity contribution is 6.05. The maximum absolute atomic E-state index is 12.7. The predicted molar refractivity (Wildman–Crippen MR) is 108 cm³/mol. The van der Waals surface area contributed by atoms with Gasteiger partial charge in [-0.25, -0.2) is 4.79 Å². The molecule has 0 saturated carbocycles. The first-order valence-electron chi connectivity index (χ1n) is 9.38. The van der Waals surface area contributed by atoms with Crippen LogP contribution in [0.5, 0.6) is 0 Å². The number of halogens is 3. The van der Waals surface area contributed by atoms with Crippen molar-refractivity contribution in [3.05, 3.63) is 65.7 Å². The second-order valence-corrected chi connectivity index (χ2v) is 6.94. The highest BCUT2D eigenvalue weighted by Crippen LogP contribution is 2.31. The Balaban J connectivity index is 1.63. The number of anilines is 2. The highest BCUT2D eigenvalue weighted by atomic mass is 19.4. The molecule has 0 radical (unpaired) electrons. The molecule has 0 fully saturated rings. The van der Waals surface area contributed by atoms with Crippen molar-refractivity contribution in [2.45, 2.75) is 25.6 Å². The van der Waals surface area contributed by atoms with Gasteiger partial charge in [0.2, 0.25) is 5.91 Å². The average Bonchev–Trinajstić information content (AvgIpc) is 2.84. The number of carbonyl (C=O) groups excluding carboxylic acids is 3. The van der Waals surface area contributed by atoms with E-state index in [1.54, 1.807) is 31.2 Å². The smallest absolute Gasteiger partial charge is 0.416 e. The summed E-state index contributed by atoms with van der Waals surface area (Å²) < 4.78 is 42.7. The Hall–Kier alpha value is -3.62. The van der Waals surface area contributed by atoms with Gasteiger partial charge in [0.25, 0.3) is 5.91 Å². The van der Waals surface area contributed by atoms with Crippen LogP contribution in [0.4, 0.5) is 24.5 Å². The van der Waals surface area contributed by atoms with Gasteiger partial charge >= 0.3 is 12.1 Å². The number of rotatable bonds is 4. The van der Waals surface area contributed by atoms with Gasteiger partial charge in [-0.15, -0.1) is 0 Å². The lowest BCUT2D eigenvalue weighted by Crippen LogP contribution is -2.41. The van der Waals surface area contributed by atoms with Gasteiger partial charge in [-0.2, -0.15) is 13.2 Å². The molecule has 0 bridgehead atoms.